The number of hydrogen-bond acceptors (Lipinski definition) is 5. The minimum Gasteiger partial charge on any atom is -0.489 e. The predicted molar refractivity (Wildman–Crippen MR) is 135 cm³/mol. The molecule has 0 spiro atoms. The summed E-state index contributed by atoms with van der Waals surface area (Å²) < 4.78 is 11.0. The molecular weight excluding hydrogens is 446 g/mol. The summed E-state index contributed by atoms with van der Waals surface area (Å²) in [5, 5.41) is 9.13. The van der Waals surface area contributed by atoms with Crippen molar-refractivity contribution in [3.63, 3.8) is 0 Å². The van der Waals surface area contributed by atoms with Crippen molar-refractivity contribution in [3.05, 3.63) is 95.1 Å². The summed E-state index contributed by atoms with van der Waals surface area (Å²) in [4.78, 5) is 13.6. The number of likely N-dealkylation sites (tertiary alicyclic amines) is 1. The molecule has 0 radical (unpaired) electrons. The van der Waals surface area contributed by atoms with Crippen LogP contribution in [-0.2, 0) is 6.61 Å². The van der Waals surface area contributed by atoms with Crippen LogP contribution in [0.15, 0.2) is 72.8 Å². The normalized spacial score (nSPS) is 18.3. The van der Waals surface area contributed by atoms with E-state index in [2.05, 4.69) is 53.4 Å². The highest BCUT2D eigenvalue weighted by Gasteiger charge is 2.27. The molecule has 2 aliphatic heterocycles. The predicted octanol–water partition coefficient (Wildman–Crippen LogP) is 6.34. The second-order valence-electron chi connectivity index (χ2n) is 8.83. The molecule has 34 heavy (non-hydrogen) atoms. The Hall–Kier alpha value is -2.96. The van der Waals surface area contributed by atoms with Crippen LogP contribution in [-0.4, -0.2) is 41.5 Å². The fourth-order valence-corrected chi connectivity index (χ4v) is 6.34. The molecule has 2 aliphatic rings. The van der Waals surface area contributed by atoms with Gasteiger partial charge < -0.3 is 19.5 Å². The Morgan fingerprint density at radius 1 is 1.00 bits per heavy atom. The van der Waals surface area contributed by atoms with Crippen molar-refractivity contribution < 1.29 is 19.4 Å². The number of piperidine rings is 1. The first kappa shape index (κ1) is 22.8. The van der Waals surface area contributed by atoms with Crippen LogP contribution >= 0.6 is 11.8 Å². The van der Waals surface area contributed by atoms with Crippen molar-refractivity contribution in [1.82, 2.24) is 4.90 Å². The van der Waals surface area contributed by atoms with Crippen molar-refractivity contribution in [1.29, 1.82) is 0 Å². The first-order chi connectivity index (χ1) is 16.7. The van der Waals surface area contributed by atoms with Gasteiger partial charge in [-0.1, -0.05) is 54.6 Å². The molecule has 0 aliphatic carbocycles. The molecule has 2 heterocycles. The summed E-state index contributed by atoms with van der Waals surface area (Å²) in [5.41, 5.74) is 4.82. The van der Waals surface area contributed by atoms with Gasteiger partial charge in [-0.15, -0.1) is 11.8 Å². The number of ether oxygens (including phenoxy) is 2. The first-order valence-corrected chi connectivity index (χ1v) is 12.9. The van der Waals surface area contributed by atoms with E-state index in [0.717, 1.165) is 36.7 Å². The van der Waals surface area contributed by atoms with Crippen molar-refractivity contribution in [2.24, 2.45) is 0 Å². The van der Waals surface area contributed by atoms with E-state index in [1.54, 1.807) is 6.07 Å². The average molecular weight is 476 g/mol. The van der Waals surface area contributed by atoms with Gasteiger partial charge in [0.25, 0.3) is 0 Å². The van der Waals surface area contributed by atoms with E-state index in [9.17, 15) is 4.79 Å². The average Bonchev–Trinajstić information content (AvgIpc) is 3.02. The van der Waals surface area contributed by atoms with Crippen LogP contribution in [0.3, 0.4) is 0 Å². The molecule has 3 aromatic rings. The molecule has 0 bridgehead atoms. The summed E-state index contributed by atoms with van der Waals surface area (Å²) in [7, 11) is 0. The van der Waals surface area contributed by atoms with Crippen LogP contribution in [0, 0.1) is 0 Å². The minimum atomic E-state index is -1.31. The fraction of sp³-hybridized carbons (Fsp3) is 0.321. The molecule has 1 atom stereocenters. The third-order valence-electron chi connectivity index (χ3n) is 6.74. The molecule has 5 rings (SSSR count). The Kier molecular flexibility index (Phi) is 7.07. The summed E-state index contributed by atoms with van der Waals surface area (Å²) in [5.74, 6) is 2.76. The zero-order valence-electron chi connectivity index (χ0n) is 19.1. The van der Waals surface area contributed by atoms with Gasteiger partial charge in [0.1, 0.15) is 18.1 Å². The van der Waals surface area contributed by atoms with Crippen LogP contribution in [0.25, 0.3) is 0 Å². The maximum Gasteiger partial charge on any atom is 0.511 e. The summed E-state index contributed by atoms with van der Waals surface area (Å²) in [6, 6.07) is 24.5. The number of rotatable bonds is 6. The van der Waals surface area contributed by atoms with Crippen LogP contribution in [0.1, 0.15) is 46.3 Å². The van der Waals surface area contributed by atoms with E-state index in [4.69, 9.17) is 14.6 Å². The smallest absolute Gasteiger partial charge is 0.489 e. The quantitative estimate of drug-likeness (QED) is 0.332. The molecule has 176 valence electrons. The summed E-state index contributed by atoms with van der Waals surface area (Å²) >= 11 is 1.89. The van der Waals surface area contributed by atoms with Crippen LogP contribution < -0.4 is 9.47 Å². The van der Waals surface area contributed by atoms with Crippen LogP contribution in [0.2, 0.25) is 0 Å². The number of thioether (sulfide) groups is 1. The van der Waals surface area contributed by atoms with E-state index in [-0.39, 0.29) is 5.25 Å². The first-order valence-electron chi connectivity index (χ1n) is 11.8. The van der Waals surface area contributed by atoms with Gasteiger partial charge in [0.15, 0.2) is 0 Å². The molecule has 1 fully saturated rings. The molecule has 0 saturated carbocycles. The Bertz CT molecular complexity index is 1130. The lowest BCUT2D eigenvalue weighted by Gasteiger charge is -2.32. The van der Waals surface area contributed by atoms with Crippen molar-refractivity contribution >= 4 is 17.9 Å². The highest BCUT2D eigenvalue weighted by Crippen LogP contribution is 2.45. The van der Waals surface area contributed by atoms with E-state index < -0.39 is 6.16 Å². The highest BCUT2D eigenvalue weighted by molar-refractivity contribution is 7.99. The lowest BCUT2D eigenvalue weighted by Crippen LogP contribution is -2.34. The molecule has 1 unspecified atom stereocenters. The number of fused-ring (bicyclic) bond motifs is 2. The van der Waals surface area contributed by atoms with E-state index in [0.29, 0.717) is 18.3 Å². The van der Waals surface area contributed by atoms with Crippen molar-refractivity contribution in [2.75, 3.05) is 25.4 Å². The Morgan fingerprint density at radius 2 is 1.76 bits per heavy atom. The Labute approximate surface area is 204 Å². The maximum absolute atomic E-state index is 11.1. The lowest BCUT2D eigenvalue weighted by molar-refractivity contribution is 0.144. The standard InChI is InChI=1S/C28H29NO4S/c30-28(31)33-23-10-11-26-25(18-23)27(24-9-5-4-8-22(24)19-32-26)34-17-16-29-14-12-21(13-15-29)20-6-2-1-3-7-20/h1-11,18,21,27H,12-17,19H2,(H,30,31). The number of carbonyl (C=O) groups is 1. The van der Waals surface area contributed by atoms with E-state index >= 15 is 0 Å². The SMILES string of the molecule is O=C(O)Oc1ccc2c(c1)C(SCCN1CCC(c3ccccc3)CC1)c1ccccc1CO2. The van der Waals surface area contributed by atoms with Gasteiger partial charge in [-0.2, -0.15) is 0 Å². The second kappa shape index (κ2) is 10.5. The number of carboxylic acid groups (broad SMARTS) is 1. The summed E-state index contributed by atoms with van der Waals surface area (Å²) in [6.45, 7) is 3.79. The second-order valence-corrected chi connectivity index (χ2v) is 10.0. The maximum atomic E-state index is 11.1. The van der Waals surface area contributed by atoms with Crippen LogP contribution in [0.5, 0.6) is 11.5 Å². The topological polar surface area (TPSA) is 59.0 Å². The van der Waals surface area contributed by atoms with Gasteiger partial charge in [-0.05, 0) is 66.7 Å². The molecule has 0 aromatic heterocycles. The molecule has 3 aromatic carbocycles. The highest BCUT2D eigenvalue weighted by atomic mass is 32.2. The van der Waals surface area contributed by atoms with Gasteiger partial charge in [-0.25, -0.2) is 4.79 Å². The van der Waals surface area contributed by atoms with Gasteiger partial charge in [0.05, 0.1) is 5.25 Å². The van der Waals surface area contributed by atoms with Gasteiger partial charge in [0.2, 0.25) is 0 Å². The summed E-state index contributed by atoms with van der Waals surface area (Å²) in [6.07, 6.45) is 1.10. The zero-order valence-corrected chi connectivity index (χ0v) is 19.9. The fourth-order valence-electron chi connectivity index (χ4n) is 4.97. The molecule has 1 N–H and O–H groups in total. The van der Waals surface area contributed by atoms with E-state index in [1.807, 2.05) is 30.0 Å². The van der Waals surface area contributed by atoms with Crippen molar-refractivity contribution in [2.45, 2.75) is 30.6 Å². The number of nitrogens with zero attached hydrogens (tertiary/aromatic N) is 1. The number of hydrogen-bond donors (Lipinski definition) is 1. The third kappa shape index (κ3) is 5.24. The molecule has 5 nitrogen and oxygen atoms in total. The molecule has 6 heteroatoms. The molecule has 0 amide bonds. The Morgan fingerprint density at radius 3 is 2.56 bits per heavy atom. The monoisotopic (exact) mass is 475 g/mol. The van der Waals surface area contributed by atoms with Crippen LogP contribution in [0.4, 0.5) is 4.79 Å². The van der Waals surface area contributed by atoms with E-state index in [1.165, 1.54) is 29.5 Å². The minimum absolute atomic E-state index is 0.0629. The largest absolute Gasteiger partial charge is 0.511 e. The van der Waals surface area contributed by atoms with Crippen molar-refractivity contribution in [3.8, 4) is 11.5 Å². The lowest BCUT2D eigenvalue weighted by atomic mass is 9.89. The van der Waals surface area contributed by atoms with Gasteiger partial charge >= 0.3 is 6.16 Å². The number of benzene rings is 3. The third-order valence-corrected chi connectivity index (χ3v) is 8.00. The molecule has 1 saturated heterocycles. The molecular formula is C28H29NO4S. The van der Waals surface area contributed by atoms with Gasteiger partial charge in [0, 0.05) is 17.9 Å². The Balaban J connectivity index is 1.27. The zero-order chi connectivity index (χ0) is 23.3. The van der Waals surface area contributed by atoms with Gasteiger partial charge in [-0.3, -0.25) is 0 Å².